The number of anilines is 1. The molecule has 4 nitrogen and oxygen atoms in total. The summed E-state index contributed by atoms with van der Waals surface area (Å²) in [5.74, 6) is 0.936. The van der Waals surface area contributed by atoms with E-state index in [0.717, 1.165) is 18.2 Å². The van der Waals surface area contributed by atoms with E-state index in [1.165, 1.54) is 0 Å². The lowest BCUT2D eigenvalue weighted by atomic mass is 10.1. The molecule has 0 bridgehead atoms. The molecule has 84 valence electrons. The second kappa shape index (κ2) is 4.61. The maximum Gasteiger partial charge on any atom is 0.230 e. The molecule has 1 aromatic heterocycles. The molecule has 0 unspecified atom stereocenters. The van der Waals surface area contributed by atoms with Crippen LogP contribution in [0.5, 0.6) is 0 Å². The van der Waals surface area contributed by atoms with Gasteiger partial charge in [0.2, 0.25) is 10.0 Å². The van der Waals surface area contributed by atoms with Crippen molar-refractivity contribution in [3.63, 3.8) is 0 Å². The average molecular weight is 228 g/mol. The highest BCUT2D eigenvalue weighted by Gasteiger charge is 2.03. The quantitative estimate of drug-likeness (QED) is 0.852. The molecular formula is C10H16N2O2S. The van der Waals surface area contributed by atoms with Crippen molar-refractivity contribution in [2.75, 3.05) is 11.0 Å². The maximum atomic E-state index is 10.9. The molecule has 5 heteroatoms. The zero-order valence-electron chi connectivity index (χ0n) is 9.19. The molecule has 0 fully saturated rings. The Morgan fingerprint density at radius 2 is 2.07 bits per heavy atom. The van der Waals surface area contributed by atoms with Gasteiger partial charge in [-0.05, 0) is 24.0 Å². The lowest BCUT2D eigenvalue weighted by Crippen LogP contribution is -2.10. The summed E-state index contributed by atoms with van der Waals surface area (Å²) in [5.41, 5.74) is 1.11. The van der Waals surface area contributed by atoms with E-state index in [-0.39, 0.29) is 0 Å². The van der Waals surface area contributed by atoms with Gasteiger partial charge >= 0.3 is 0 Å². The largest absolute Gasteiger partial charge is 0.268 e. The minimum Gasteiger partial charge on any atom is -0.268 e. The monoisotopic (exact) mass is 228 g/mol. The topological polar surface area (TPSA) is 59.1 Å². The summed E-state index contributed by atoms with van der Waals surface area (Å²) in [7, 11) is -3.23. The molecule has 0 spiro atoms. The third-order valence-electron chi connectivity index (χ3n) is 1.76. The van der Waals surface area contributed by atoms with Gasteiger partial charge in [-0.1, -0.05) is 19.9 Å². The van der Waals surface area contributed by atoms with Crippen molar-refractivity contribution in [3.05, 3.63) is 23.9 Å². The van der Waals surface area contributed by atoms with Gasteiger partial charge in [0, 0.05) is 6.20 Å². The molecule has 1 aromatic rings. The minimum absolute atomic E-state index is 0.366. The number of nitrogens with zero attached hydrogens (tertiary/aromatic N) is 1. The fraction of sp³-hybridized carbons (Fsp3) is 0.500. The van der Waals surface area contributed by atoms with E-state index in [9.17, 15) is 8.42 Å². The zero-order chi connectivity index (χ0) is 11.5. The number of hydrogen-bond donors (Lipinski definition) is 1. The second-order valence-electron chi connectivity index (χ2n) is 4.02. The van der Waals surface area contributed by atoms with Gasteiger partial charge in [0.05, 0.1) is 6.26 Å². The normalized spacial score (nSPS) is 11.7. The van der Waals surface area contributed by atoms with Crippen LogP contribution in [-0.4, -0.2) is 19.7 Å². The lowest BCUT2D eigenvalue weighted by molar-refractivity contribution is 0.606. The van der Waals surface area contributed by atoms with Gasteiger partial charge in [-0.25, -0.2) is 13.4 Å². The number of aromatic nitrogens is 1. The number of sulfonamides is 1. The Bertz CT molecular complexity index is 410. The van der Waals surface area contributed by atoms with Crippen molar-refractivity contribution in [1.29, 1.82) is 0 Å². The Kier molecular flexibility index (Phi) is 3.68. The first-order valence-corrected chi connectivity index (χ1v) is 6.68. The van der Waals surface area contributed by atoms with Crippen LogP contribution in [0.1, 0.15) is 19.4 Å². The van der Waals surface area contributed by atoms with E-state index in [4.69, 9.17) is 0 Å². The van der Waals surface area contributed by atoms with Crippen LogP contribution in [0.25, 0.3) is 0 Å². The van der Waals surface area contributed by atoms with Crippen molar-refractivity contribution >= 4 is 15.8 Å². The first-order chi connectivity index (χ1) is 6.87. The first-order valence-electron chi connectivity index (χ1n) is 4.79. The molecule has 0 aliphatic rings. The molecule has 0 radical (unpaired) electrons. The van der Waals surface area contributed by atoms with Gasteiger partial charge in [-0.2, -0.15) is 0 Å². The van der Waals surface area contributed by atoms with Gasteiger partial charge in [0.25, 0.3) is 0 Å². The highest BCUT2D eigenvalue weighted by atomic mass is 32.2. The molecular weight excluding hydrogens is 212 g/mol. The van der Waals surface area contributed by atoms with E-state index in [2.05, 4.69) is 23.6 Å². The van der Waals surface area contributed by atoms with Gasteiger partial charge in [-0.3, -0.25) is 4.72 Å². The summed E-state index contributed by atoms with van der Waals surface area (Å²) in [6, 6.07) is 3.57. The Hall–Kier alpha value is -1.10. The summed E-state index contributed by atoms with van der Waals surface area (Å²) < 4.78 is 24.1. The maximum absolute atomic E-state index is 10.9. The van der Waals surface area contributed by atoms with Gasteiger partial charge < -0.3 is 0 Å². The van der Waals surface area contributed by atoms with Crippen molar-refractivity contribution < 1.29 is 8.42 Å². The molecule has 0 aromatic carbocycles. The average Bonchev–Trinajstić information content (AvgIpc) is 2.05. The standard InChI is InChI=1S/C10H16N2O2S/c1-8(2)6-9-4-5-10(11-7-9)12-15(3,13)14/h4-5,7-8H,6H2,1-3H3,(H,11,12). The molecule has 0 aliphatic heterocycles. The van der Waals surface area contributed by atoms with Gasteiger partial charge in [-0.15, -0.1) is 0 Å². The molecule has 15 heavy (non-hydrogen) atoms. The fourth-order valence-corrected chi connectivity index (χ4v) is 1.77. The fourth-order valence-electron chi connectivity index (χ4n) is 1.27. The van der Waals surface area contributed by atoms with Crippen molar-refractivity contribution in [2.45, 2.75) is 20.3 Å². The Morgan fingerprint density at radius 1 is 1.40 bits per heavy atom. The highest BCUT2D eigenvalue weighted by molar-refractivity contribution is 7.92. The van der Waals surface area contributed by atoms with Crippen LogP contribution in [0.4, 0.5) is 5.82 Å². The van der Waals surface area contributed by atoms with Gasteiger partial charge in [0.15, 0.2) is 0 Å². The highest BCUT2D eigenvalue weighted by Crippen LogP contribution is 2.10. The molecule has 0 atom stereocenters. The molecule has 1 N–H and O–H groups in total. The van der Waals surface area contributed by atoms with Gasteiger partial charge in [0.1, 0.15) is 5.82 Å². The van der Waals surface area contributed by atoms with Crippen LogP contribution in [-0.2, 0) is 16.4 Å². The van der Waals surface area contributed by atoms with Crippen LogP contribution in [0.3, 0.4) is 0 Å². The SMILES string of the molecule is CC(C)Cc1ccc(NS(C)(=O)=O)nc1. The van der Waals surface area contributed by atoms with Crippen LogP contribution in [0.2, 0.25) is 0 Å². The predicted octanol–water partition coefficient (Wildman–Crippen LogP) is 1.65. The number of rotatable bonds is 4. The summed E-state index contributed by atoms with van der Waals surface area (Å²) in [6.07, 6.45) is 3.76. The second-order valence-corrected chi connectivity index (χ2v) is 5.77. The summed E-state index contributed by atoms with van der Waals surface area (Å²) in [6.45, 7) is 4.26. The molecule has 1 rings (SSSR count). The predicted molar refractivity (Wildman–Crippen MR) is 61.2 cm³/mol. The molecule has 1 heterocycles. The first kappa shape index (κ1) is 12.0. The zero-order valence-corrected chi connectivity index (χ0v) is 10.0. The summed E-state index contributed by atoms with van der Waals surface area (Å²) in [4.78, 5) is 4.03. The Morgan fingerprint density at radius 3 is 2.47 bits per heavy atom. The van der Waals surface area contributed by atoms with E-state index < -0.39 is 10.0 Å². The third-order valence-corrected chi connectivity index (χ3v) is 2.34. The van der Waals surface area contributed by atoms with Crippen molar-refractivity contribution in [1.82, 2.24) is 4.98 Å². The summed E-state index contributed by atoms with van der Waals surface area (Å²) in [5, 5.41) is 0. The Balaban J connectivity index is 2.73. The van der Waals surface area contributed by atoms with Crippen molar-refractivity contribution in [3.8, 4) is 0 Å². The number of pyridine rings is 1. The van der Waals surface area contributed by atoms with Crippen LogP contribution >= 0.6 is 0 Å². The van der Waals surface area contributed by atoms with E-state index in [1.54, 1.807) is 12.3 Å². The molecule has 0 saturated heterocycles. The molecule has 0 saturated carbocycles. The van der Waals surface area contributed by atoms with Crippen molar-refractivity contribution in [2.24, 2.45) is 5.92 Å². The number of nitrogens with one attached hydrogen (secondary N) is 1. The van der Waals surface area contributed by atoms with E-state index in [0.29, 0.717) is 11.7 Å². The van der Waals surface area contributed by atoms with Crippen LogP contribution in [0, 0.1) is 5.92 Å². The van der Waals surface area contributed by atoms with E-state index >= 15 is 0 Å². The summed E-state index contributed by atoms with van der Waals surface area (Å²) >= 11 is 0. The smallest absolute Gasteiger partial charge is 0.230 e. The molecule has 0 aliphatic carbocycles. The minimum atomic E-state index is -3.23. The van der Waals surface area contributed by atoms with Crippen LogP contribution < -0.4 is 4.72 Å². The Labute approximate surface area is 90.8 Å². The number of hydrogen-bond acceptors (Lipinski definition) is 3. The van der Waals surface area contributed by atoms with E-state index in [1.807, 2.05) is 6.07 Å². The third kappa shape index (κ3) is 4.78. The lowest BCUT2D eigenvalue weighted by Gasteiger charge is -2.06. The van der Waals surface area contributed by atoms with Crippen LogP contribution in [0.15, 0.2) is 18.3 Å². The molecule has 0 amide bonds.